The second kappa shape index (κ2) is 7.87. The van der Waals surface area contributed by atoms with Crippen LogP contribution < -0.4 is 15.6 Å². The molecule has 0 amide bonds. The topological polar surface area (TPSA) is 65.4 Å². The highest BCUT2D eigenvalue weighted by Crippen LogP contribution is 2.38. The van der Waals surface area contributed by atoms with Crippen molar-refractivity contribution in [2.24, 2.45) is 5.92 Å². The Bertz CT molecular complexity index is 1020. The van der Waals surface area contributed by atoms with Crippen LogP contribution in [-0.4, -0.2) is 29.9 Å². The van der Waals surface area contributed by atoms with Crippen LogP contribution in [0.25, 0.3) is 0 Å². The van der Waals surface area contributed by atoms with Crippen molar-refractivity contribution in [1.82, 2.24) is 9.55 Å². The van der Waals surface area contributed by atoms with Crippen molar-refractivity contribution < 1.29 is 9.47 Å². The third-order valence-corrected chi connectivity index (χ3v) is 5.84. The Hall–Kier alpha value is -2.86. The van der Waals surface area contributed by atoms with E-state index in [0.717, 1.165) is 29.8 Å². The number of nitrogens with one attached hydrogen (secondary N) is 1. The smallest absolute Gasteiger partial charge is 0.317 e. The Morgan fingerprint density at radius 2 is 1.93 bits per heavy atom. The number of hydrogen-bond acceptors (Lipinski definition) is 5. The summed E-state index contributed by atoms with van der Waals surface area (Å²) in [6, 6.07) is 10.4. The molecule has 1 aromatic heterocycles. The first kappa shape index (κ1) is 19.5. The summed E-state index contributed by atoms with van der Waals surface area (Å²) in [5, 5.41) is 3.42. The van der Waals surface area contributed by atoms with Gasteiger partial charge in [0.25, 0.3) is 0 Å². The van der Waals surface area contributed by atoms with E-state index in [4.69, 9.17) is 9.47 Å². The normalized spacial score (nSPS) is 23.2. The number of hydrogen-bond donors (Lipinski definition) is 1. The maximum atomic E-state index is 12.6. The second-order valence-corrected chi connectivity index (χ2v) is 7.67. The number of anilines is 1. The van der Waals surface area contributed by atoms with Crippen molar-refractivity contribution >= 4 is 5.95 Å². The van der Waals surface area contributed by atoms with E-state index in [9.17, 15) is 4.79 Å². The monoisotopic (exact) mass is 393 g/mol. The Labute approximate surface area is 170 Å². The number of fused-ring (bicyclic) bond motifs is 1. The molecule has 3 atom stereocenters. The molecule has 0 saturated carbocycles. The Morgan fingerprint density at radius 3 is 2.62 bits per heavy atom. The average molecular weight is 393 g/mol. The minimum Gasteiger partial charge on any atom is -0.490 e. The van der Waals surface area contributed by atoms with Crippen LogP contribution in [0.4, 0.5) is 5.95 Å². The van der Waals surface area contributed by atoms with E-state index in [2.05, 4.69) is 53.0 Å². The van der Waals surface area contributed by atoms with Crippen LogP contribution in [-0.2, 0) is 11.2 Å². The van der Waals surface area contributed by atoms with Gasteiger partial charge in [-0.15, -0.1) is 0 Å². The molecule has 1 N–H and O–H groups in total. The zero-order valence-corrected chi connectivity index (χ0v) is 17.3. The van der Waals surface area contributed by atoms with Crippen molar-refractivity contribution in [3.63, 3.8) is 0 Å². The predicted octanol–water partition coefficient (Wildman–Crippen LogP) is 3.69. The lowest BCUT2D eigenvalue weighted by atomic mass is 9.93. The summed E-state index contributed by atoms with van der Waals surface area (Å²) < 4.78 is 13.1. The molecule has 2 aromatic rings. The molecule has 3 unspecified atom stereocenters. The van der Waals surface area contributed by atoms with E-state index in [1.165, 1.54) is 12.7 Å². The highest BCUT2D eigenvalue weighted by Gasteiger charge is 2.31. The summed E-state index contributed by atoms with van der Waals surface area (Å²) in [7, 11) is 3.24. The molecule has 0 fully saturated rings. The predicted molar refractivity (Wildman–Crippen MR) is 113 cm³/mol. The van der Waals surface area contributed by atoms with Crippen LogP contribution in [0, 0.1) is 5.92 Å². The third-order valence-electron chi connectivity index (χ3n) is 5.84. The van der Waals surface area contributed by atoms with E-state index >= 15 is 0 Å². The molecule has 1 aliphatic heterocycles. The SMILES string of the molecule is COc1c2n(c(NC3=CC(OC)C(C)C=C3C)nc1=O)C(c1ccccc1)CC2. The van der Waals surface area contributed by atoms with Gasteiger partial charge in [-0.25, -0.2) is 0 Å². The average Bonchev–Trinajstić information content (AvgIpc) is 3.16. The van der Waals surface area contributed by atoms with Crippen LogP contribution in [0.5, 0.6) is 5.75 Å². The Kier molecular flexibility index (Phi) is 5.28. The summed E-state index contributed by atoms with van der Waals surface area (Å²) in [6.45, 7) is 4.19. The van der Waals surface area contributed by atoms with Gasteiger partial charge in [0.1, 0.15) is 0 Å². The maximum Gasteiger partial charge on any atom is 0.317 e. The third kappa shape index (κ3) is 3.49. The lowest BCUT2D eigenvalue weighted by molar-refractivity contribution is 0.110. The van der Waals surface area contributed by atoms with Crippen LogP contribution in [0.2, 0.25) is 0 Å². The highest BCUT2D eigenvalue weighted by atomic mass is 16.5. The summed E-state index contributed by atoms with van der Waals surface area (Å²) in [5.74, 6) is 1.17. The quantitative estimate of drug-likeness (QED) is 0.839. The van der Waals surface area contributed by atoms with E-state index in [1.54, 1.807) is 7.11 Å². The zero-order valence-electron chi connectivity index (χ0n) is 17.3. The second-order valence-electron chi connectivity index (χ2n) is 7.67. The molecule has 29 heavy (non-hydrogen) atoms. The van der Waals surface area contributed by atoms with Gasteiger partial charge in [0.15, 0.2) is 0 Å². The lowest BCUT2D eigenvalue weighted by Gasteiger charge is -2.27. The summed E-state index contributed by atoms with van der Waals surface area (Å²) in [6.07, 6.45) is 5.88. The van der Waals surface area contributed by atoms with Gasteiger partial charge in [-0.05, 0) is 37.0 Å². The van der Waals surface area contributed by atoms with Gasteiger partial charge in [0, 0.05) is 18.7 Å². The van der Waals surface area contributed by atoms with Crippen molar-refractivity contribution in [2.75, 3.05) is 19.5 Å². The van der Waals surface area contributed by atoms with Gasteiger partial charge in [-0.2, -0.15) is 4.98 Å². The van der Waals surface area contributed by atoms with E-state index in [1.807, 2.05) is 18.2 Å². The number of methoxy groups -OCH3 is 2. The summed E-state index contributed by atoms with van der Waals surface area (Å²) in [4.78, 5) is 17.0. The van der Waals surface area contributed by atoms with Crippen molar-refractivity contribution in [2.45, 2.75) is 38.8 Å². The van der Waals surface area contributed by atoms with Gasteiger partial charge < -0.3 is 19.4 Å². The fourth-order valence-corrected chi connectivity index (χ4v) is 4.39. The maximum absolute atomic E-state index is 12.6. The molecule has 0 radical (unpaired) electrons. The lowest BCUT2D eigenvalue weighted by Crippen LogP contribution is -2.26. The first-order chi connectivity index (χ1) is 14.0. The minimum atomic E-state index is -0.343. The van der Waals surface area contributed by atoms with Gasteiger partial charge >= 0.3 is 5.56 Å². The van der Waals surface area contributed by atoms with Crippen LogP contribution in [0.3, 0.4) is 0 Å². The number of nitrogens with zero attached hydrogens (tertiary/aromatic N) is 2. The molecule has 4 rings (SSSR count). The fraction of sp³-hybridized carbons (Fsp3) is 0.391. The zero-order chi connectivity index (χ0) is 20.5. The molecule has 152 valence electrons. The molecule has 1 aromatic carbocycles. The molecule has 0 spiro atoms. The number of allylic oxidation sites excluding steroid dienone is 1. The first-order valence-electron chi connectivity index (χ1n) is 9.98. The van der Waals surface area contributed by atoms with E-state index < -0.39 is 0 Å². The molecule has 2 aliphatic rings. The molecular weight excluding hydrogens is 366 g/mol. The minimum absolute atomic E-state index is 0.0193. The van der Waals surface area contributed by atoms with Crippen molar-refractivity contribution in [3.05, 3.63) is 75.4 Å². The first-order valence-corrected chi connectivity index (χ1v) is 9.98. The number of rotatable bonds is 5. The van der Waals surface area contributed by atoms with E-state index in [0.29, 0.717) is 17.6 Å². The number of aromatic nitrogens is 2. The molecule has 0 bridgehead atoms. The van der Waals surface area contributed by atoms with Gasteiger partial charge in [-0.1, -0.05) is 43.3 Å². The van der Waals surface area contributed by atoms with Crippen LogP contribution in [0.15, 0.2) is 58.5 Å². The van der Waals surface area contributed by atoms with Crippen LogP contribution >= 0.6 is 0 Å². The van der Waals surface area contributed by atoms with Crippen molar-refractivity contribution in [1.29, 1.82) is 0 Å². The molecular formula is C23H27N3O3. The van der Waals surface area contributed by atoms with Gasteiger partial charge in [0.2, 0.25) is 11.7 Å². The molecule has 6 nitrogen and oxygen atoms in total. The highest BCUT2D eigenvalue weighted by molar-refractivity contribution is 5.51. The Morgan fingerprint density at radius 1 is 1.17 bits per heavy atom. The Balaban J connectivity index is 1.81. The molecule has 0 saturated heterocycles. The van der Waals surface area contributed by atoms with Gasteiger partial charge in [-0.3, -0.25) is 4.79 Å². The van der Waals surface area contributed by atoms with E-state index in [-0.39, 0.29) is 17.7 Å². The standard InChI is InChI=1S/C23H27N3O3/c1-14-12-15(2)20(28-3)13-17(14)24-23-25-22(27)21(29-4)19-11-10-18(26(19)23)16-8-6-5-7-9-16/h5-9,12-13,15,18,20H,10-11H2,1-4H3,(H,24,25,27). The largest absolute Gasteiger partial charge is 0.490 e. The number of ether oxygens (including phenoxy) is 2. The molecule has 6 heteroatoms. The number of benzene rings is 1. The molecule has 1 aliphatic carbocycles. The summed E-state index contributed by atoms with van der Waals surface area (Å²) >= 11 is 0. The fourth-order valence-electron chi connectivity index (χ4n) is 4.39. The van der Waals surface area contributed by atoms with Gasteiger partial charge in [0.05, 0.1) is 24.9 Å². The van der Waals surface area contributed by atoms with Crippen LogP contribution in [0.1, 0.15) is 37.6 Å². The molecule has 2 heterocycles. The van der Waals surface area contributed by atoms with Crippen molar-refractivity contribution in [3.8, 4) is 5.75 Å². The summed E-state index contributed by atoms with van der Waals surface area (Å²) in [5.41, 5.74) is 3.76.